The van der Waals surface area contributed by atoms with Crippen molar-refractivity contribution in [2.24, 2.45) is 0 Å². The van der Waals surface area contributed by atoms with E-state index in [2.05, 4.69) is 5.32 Å². The summed E-state index contributed by atoms with van der Waals surface area (Å²) in [5.41, 5.74) is 1.20. The number of nitrogens with zero attached hydrogens (tertiary/aromatic N) is 2. The Morgan fingerprint density at radius 1 is 0.925 bits per heavy atom. The fraction of sp³-hybridized carbons (Fsp3) is 0.333. The number of carbonyl (C=O) groups excluding carboxylic acids is 2. The first kappa shape index (κ1) is 30.6. The normalized spacial score (nSPS) is 12.1. The van der Waals surface area contributed by atoms with Gasteiger partial charge < -0.3 is 15.0 Å². The van der Waals surface area contributed by atoms with Crippen LogP contribution in [0.4, 0.5) is 10.1 Å². The first-order valence-electron chi connectivity index (χ1n) is 13.2. The lowest BCUT2D eigenvalue weighted by atomic mass is 10.1. The molecule has 0 saturated carbocycles. The van der Waals surface area contributed by atoms with Gasteiger partial charge in [0.25, 0.3) is 10.0 Å². The van der Waals surface area contributed by atoms with Gasteiger partial charge >= 0.3 is 0 Å². The molecule has 8 nitrogen and oxygen atoms in total. The Kier molecular flexibility index (Phi) is 10.7. The first-order valence-corrected chi connectivity index (χ1v) is 14.6. The molecule has 3 aromatic rings. The van der Waals surface area contributed by atoms with Gasteiger partial charge in [-0.3, -0.25) is 13.9 Å². The van der Waals surface area contributed by atoms with Crippen LogP contribution in [-0.4, -0.2) is 56.9 Å². The van der Waals surface area contributed by atoms with Gasteiger partial charge in [0, 0.05) is 12.6 Å². The van der Waals surface area contributed by atoms with Gasteiger partial charge in [0.05, 0.1) is 17.2 Å². The number of nitrogens with one attached hydrogen (secondary N) is 1. The highest BCUT2D eigenvalue weighted by Gasteiger charge is 2.32. The SMILES string of the molecule is CCOc1ccc(N(CC(=O)N(CCc2ccccc2)[C@H](C)C(=O)NC(C)C)S(=O)(=O)c2ccc(F)cc2)cc1. The summed E-state index contributed by atoms with van der Waals surface area (Å²) in [6, 6.07) is 19.2. The number of sulfonamides is 1. The molecule has 0 heterocycles. The van der Waals surface area contributed by atoms with E-state index in [1.165, 1.54) is 4.90 Å². The maximum Gasteiger partial charge on any atom is 0.264 e. The van der Waals surface area contributed by atoms with Gasteiger partial charge in [0.15, 0.2) is 0 Å². The topological polar surface area (TPSA) is 96.0 Å². The summed E-state index contributed by atoms with van der Waals surface area (Å²) in [6.45, 7) is 7.16. The van der Waals surface area contributed by atoms with Crippen LogP contribution >= 0.6 is 0 Å². The zero-order chi connectivity index (χ0) is 29.3. The maximum atomic E-state index is 13.8. The number of ether oxygens (including phenoxy) is 1. The second-order valence-corrected chi connectivity index (χ2v) is 11.4. The van der Waals surface area contributed by atoms with Gasteiger partial charge in [-0.2, -0.15) is 0 Å². The molecule has 1 atom stereocenters. The molecule has 0 aliphatic heterocycles. The Balaban J connectivity index is 1.98. The third-order valence-corrected chi connectivity index (χ3v) is 7.99. The number of hydrogen-bond donors (Lipinski definition) is 1. The van der Waals surface area contributed by atoms with Crippen molar-refractivity contribution in [1.82, 2.24) is 10.2 Å². The van der Waals surface area contributed by atoms with Crippen LogP contribution < -0.4 is 14.4 Å². The zero-order valence-corrected chi connectivity index (χ0v) is 24.0. The van der Waals surface area contributed by atoms with E-state index in [1.54, 1.807) is 31.2 Å². The van der Waals surface area contributed by atoms with Crippen molar-refractivity contribution in [3.63, 3.8) is 0 Å². The lowest BCUT2D eigenvalue weighted by Gasteiger charge is -2.32. The van der Waals surface area contributed by atoms with Gasteiger partial charge in [0.2, 0.25) is 11.8 Å². The van der Waals surface area contributed by atoms with Crippen molar-refractivity contribution in [2.45, 2.75) is 51.1 Å². The summed E-state index contributed by atoms with van der Waals surface area (Å²) in [7, 11) is -4.28. The van der Waals surface area contributed by atoms with Crippen molar-refractivity contribution in [1.29, 1.82) is 0 Å². The van der Waals surface area contributed by atoms with Gasteiger partial charge in [-0.1, -0.05) is 30.3 Å². The fourth-order valence-electron chi connectivity index (χ4n) is 4.11. The van der Waals surface area contributed by atoms with Crippen molar-refractivity contribution in [3.05, 3.63) is 90.2 Å². The molecule has 2 amide bonds. The van der Waals surface area contributed by atoms with Crippen LogP contribution in [0.1, 0.15) is 33.3 Å². The molecule has 0 fully saturated rings. The van der Waals surface area contributed by atoms with E-state index in [1.807, 2.05) is 51.1 Å². The highest BCUT2D eigenvalue weighted by atomic mass is 32.2. The quantitative estimate of drug-likeness (QED) is 0.329. The number of rotatable bonds is 13. The van der Waals surface area contributed by atoms with Gasteiger partial charge in [0.1, 0.15) is 24.2 Å². The van der Waals surface area contributed by atoms with E-state index in [0.29, 0.717) is 18.8 Å². The van der Waals surface area contributed by atoms with E-state index in [9.17, 15) is 22.4 Å². The summed E-state index contributed by atoms with van der Waals surface area (Å²) in [5.74, 6) is -0.938. The number of benzene rings is 3. The predicted octanol–water partition coefficient (Wildman–Crippen LogP) is 4.40. The Hall–Kier alpha value is -3.92. The molecule has 10 heteroatoms. The van der Waals surface area contributed by atoms with Gasteiger partial charge in [-0.15, -0.1) is 0 Å². The standard InChI is InChI=1S/C30H36FN3O5S/c1-5-39-27-15-13-26(14-16-27)34(40(37,38)28-17-11-25(31)12-18-28)21-29(35)33(23(4)30(36)32-22(2)3)20-19-24-9-7-6-8-10-24/h6-18,22-23H,5,19-21H2,1-4H3,(H,32,36)/t23-/m1/s1. The molecular formula is C30H36FN3O5S. The Morgan fingerprint density at radius 3 is 2.12 bits per heavy atom. The summed E-state index contributed by atoms with van der Waals surface area (Å²) in [6.07, 6.45) is 0.472. The monoisotopic (exact) mass is 569 g/mol. The smallest absolute Gasteiger partial charge is 0.264 e. The molecule has 0 radical (unpaired) electrons. The molecule has 1 N–H and O–H groups in total. The maximum absolute atomic E-state index is 13.8. The van der Waals surface area contributed by atoms with Crippen LogP contribution in [0.15, 0.2) is 83.8 Å². The van der Waals surface area contributed by atoms with Gasteiger partial charge in [-0.25, -0.2) is 12.8 Å². The largest absolute Gasteiger partial charge is 0.494 e. The molecule has 3 aromatic carbocycles. The summed E-state index contributed by atoms with van der Waals surface area (Å²) >= 11 is 0. The van der Waals surface area contributed by atoms with Gasteiger partial charge in [-0.05, 0) is 88.2 Å². The molecule has 40 heavy (non-hydrogen) atoms. The van der Waals surface area contributed by atoms with E-state index >= 15 is 0 Å². The summed E-state index contributed by atoms with van der Waals surface area (Å²) in [4.78, 5) is 28.0. The third-order valence-electron chi connectivity index (χ3n) is 6.20. The van der Waals surface area contributed by atoms with Crippen LogP contribution in [0.3, 0.4) is 0 Å². The fourth-order valence-corrected chi connectivity index (χ4v) is 5.53. The summed E-state index contributed by atoms with van der Waals surface area (Å²) < 4.78 is 47.6. The number of amides is 2. The Bertz CT molecular complexity index is 1360. The highest BCUT2D eigenvalue weighted by molar-refractivity contribution is 7.92. The average Bonchev–Trinajstić information content (AvgIpc) is 2.93. The second-order valence-electron chi connectivity index (χ2n) is 9.55. The zero-order valence-electron chi connectivity index (χ0n) is 23.2. The molecule has 0 aromatic heterocycles. The second kappa shape index (κ2) is 13.9. The van der Waals surface area contributed by atoms with Crippen LogP contribution in [-0.2, 0) is 26.0 Å². The van der Waals surface area contributed by atoms with Crippen molar-refractivity contribution in [3.8, 4) is 5.75 Å². The Morgan fingerprint density at radius 2 is 1.55 bits per heavy atom. The van der Waals surface area contributed by atoms with Crippen LogP contribution in [0.2, 0.25) is 0 Å². The third kappa shape index (κ3) is 8.05. The molecule has 0 saturated heterocycles. The predicted molar refractivity (Wildman–Crippen MR) is 153 cm³/mol. The van der Waals surface area contributed by atoms with Crippen molar-refractivity contribution in [2.75, 3.05) is 24.0 Å². The van der Waals surface area contributed by atoms with Crippen LogP contribution in [0, 0.1) is 5.82 Å². The van der Waals surface area contributed by atoms with E-state index in [-0.39, 0.29) is 29.1 Å². The first-order chi connectivity index (χ1) is 19.0. The molecular weight excluding hydrogens is 533 g/mol. The Labute approximate surface area is 235 Å². The molecule has 0 aliphatic carbocycles. The highest BCUT2D eigenvalue weighted by Crippen LogP contribution is 2.26. The molecule has 0 aliphatic rings. The minimum atomic E-state index is -4.28. The lowest BCUT2D eigenvalue weighted by Crippen LogP contribution is -2.53. The molecule has 0 spiro atoms. The number of hydrogen-bond acceptors (Lipinski definition) is 5. The minimum Gasteiger partial charge on any atom is -0.494 e. The average molecular weight is 570 g/mol. The molecule has 214 valence electrons. The number of halogens is 1. The van der Waals surface area contributed by atoms with Crippen LogP contribution in [0.5, 0.6) is 5.75 Å². The van der Waals surface area contributed by atoms with E-state index < -0.39 is 34.3 Å². The molecule has 3 rings (SSSR count). The van der Waals surface area contributed by atoms with E-state index in [0.717, 1.165) is 34.1 Å². The molecule has 0 unspecified atom stereocenters. The number of carbonyl (C=O) groups is 2. The molecule has 0 bridgehead atoms. The van der Waals surface area contributed by atoms with E-state index in [4.69, 9.17) is 4.74 Å². The van der Waals surface area contributed by atoms with Crippen LogP contribution in [0.25, 0.3) is 0 Å². The number of anilines is 1. The van der Waals surface area contributed by atoms with Crippen molar-refractivity contribution >= 4 is 27.5 Å². The minimum absolute atomic E-state index is 0.139. The summed E-state index contributed by atoms with van der Waals surface area (Å²) in [5, 5.41) is 2.83. The van der Waals surface area contributed by atoms with Crippen molar-refractivity contribution < 1.29 is 27.1 Å². The lowest BCUT2D eigenvalue weighted by molar-refractivity contribution is -0.139.